The van der Waals surface area contributed by atoms with Crippen LogP contribution in [0, 0.1) is 0 Å². The van der Waals surface area contributed by atoms with Crippen LogP contribution in [0.5, 0.6) is 0 Å². The fourth-order valence-electron chi connectivity index (χ4n) is 1.32. The van der Waals surface area contributed by atoms with Gasteiger partial charge in [0.2, 0.25) is 0 Å². The van der Waals surface area contributed by atoms with Crippen molar-refractivity contribution in [1.82, 2.24) is 10.3 Å². The number of hydrogen-bond donors (Lipinski definition) is 2. The molecule has 2 rings (SSSR count). The van der Waals surface area contributed by atoms with Gasteiger partial charge in [-0.05, 0) is 19.8 Å². The number of nitrogens with one attached hydrogen (secondary N) is 2. The molecule has 0 spiro atoms. The fraction of sp³-hybridized carbons (Fsp3) is 0.727. The number of aromatic nitrogens is 1. The molecule has 1 saturated carbocycles. The standard InChI is InChI=1S/C11H19N3O2/c1-8(15-2)5-13-11-14-10(7-16-11)6-12-9-3-4-9/h7-9,12H,3-6H2,1-2H3,(H,13,14). The van der Waals surface area contributed by atoms with Crippen LogP contribution in [0.2, 0.25) is 0 Å². The van der Waals surface area contributed by atoms with Crippen LogP contribution in [0.25, 0.3) is 0 Å². The van der Waals surface area contributed by atoms with Gasteiger partial charge in [-0.25, -0.2) is 0 Å². The van der Waals surface area contributed by atoms with E-state index in [0.717, 1.165) is 12.2 Å². The van der Waals surface area contributed by atoms with Gasteiger partial charge in [0.15, 0.2) is 0 Å². The van der Waals surface area contributed by atoms with Crippen LogP contribution in [0.4, 0.5) is 6.01 Å². The third kappa shape index (κ3) is 3.50. The maximum atomic E-state index is 5.29. The van der Waals surface area contributed by atoms with Gasteiger partial charge in [-0.2, -0.15) is 4.98 Å². The highest BCUT2D eigenvalue weighted by Gasteiger charge is 2.20. The van der Waals surface area contributed by atoms with Crippen molar-refractivity contribution in [2.75, 3.05) is 19.0 Å². The van der Waals surface area contributed by atoms with E-state index in [1.54, 1.807) is 13.4 Å². The van der Waals surface area contributed by atoms with Crippen LogP contribution in [0.1, 0.15) is 25.5 Å². The lowest BCUT2D eigenvalue weighted by Crippen LogP contribution is -2.18. The van der Waals surface area contributed by atoms with Gasteiger partial charge in [0.05, 0.1) is 11.8 Å². The predicted molar refractivity (Wildman–Crippen MR) is 61.3 cm³/mol. The zero-order valence-corrected chi connectivity index (χ0v) is 9.82. The van der Waals surface area contributed by atoms with Crippen LogP contribution in [-0.2, 0) is 11.3 Å². The predicted octanol–water partition coefficient (Wildman–Crippen LogP) is 1.37. The molecule has 16 heavy (non-hydrogen) atoms. The van der Waals surface area contributed by atoms with Gasteiger partial charge in [-0.3, -0.25) is 0 Å². The zero-order chi connectivity index (χ0) is 11.4. The summed E-state index contributed by atoms with van der Waals surface area (Å²) in [5.41, 5.74) is 0.944. The molecular formula is C11H19N3O2. The highest BCUT2D eigenvalue weighted by molar-refractivity contribution is 5.21. The molecule has 1 aliphatic rings. The number of ether oxygens (including phenoxy) is 1. The number of hydrogen-bond acceptors (Lipinski definition) is 5. The van der Waals surface area contributed by atoms with Gasteiger partial charge in [-0.1, -0.05) is 0 Å². The first-order valence-corrected chi connectivity index (χ1v) is 5.72. The smallest absolute Gasteiger partial charge is 0.294 e. The van der Waals surface area contributed by atoms with E-state index in [-0.39, 0.29) is 6.10 Å². The van der Waals surface area contributed by atoms with Gasteiger partial charge in [0.1, 0.15) is 6.26 Å². The molecule has 0 saturated heterocycles. The van der Waals surface area contributed by atoms with E-state index in [0.29, 0.717) is 18.6 Å². The van der Waals surface area contributed by atoms with Crippen molar-refractivity contribution < 1.29 is 9.15 Å². The average Bonchev–Trinajstić information content (AvgIpc) is 3.02. The zero-order valence-electron chi connectivity index (χ0n) is 9.82. The molecule has 5 nitrogen and oxygen atoms in total. The molecular weight excluding hydrogens is 206 g/mol. The molecule has 0 radical (unpaired) electrons. The fourth-order valence-corrected chi connectivity index (χ4v) is 1.32. The Hall–Kier alpha value is -1.07. The number of oxazole rings is 1. The summed E-state index contributed by atoms with van der Waals surface area (Å²) in [5.74, 6) is 0. The summed E-state index contributed by atoms with van der Waals surface area (Å²) in [6.07, 6.45) is 4.41. The first-order valence-electron chi connectivity index (χ1n) is 5.72. The number of rotatable bonds is 7. The Balaban J connectivity index is 1.72. The Bertz CT molecular complexity index is 323. The normalized spacial score (nSPS) is 17.4. The third-order valence-electron chi connectivity index (χ3n) is 2.64. The maximum Gasteiger partial charge on any atom is 0.294 e. The Morgan fingerprint density at radius 2 is 2.44 bits per heavy atom. The van der Waals surface area contributed by atoms with Crippen molar-refractivity contribution in [3.05, 3.63) is 12.0 Å². The molecule has 1 heterocycles. The summed E-state index contributed by atoms with van der Waals surface area (Å²) in [5, 5.41) is 6.48. The Morgan fingerprint density at radius 1 is 1.62 bits per heavy atom. The molecule has 1 aromatic heterocycles. The van der Waals surface area contributed by atoms with Crippen molar-refractivity contribution >= 4 is 6.01 Å². The minimum atomic E-state index is 0.153. The molecule has 1 aliphatic carbocycles. The molecule has 1 atom stereocenters. The second-order valence-electron chi connectivity index (χ2n) is 4.23. The van der Waals surface area contributed by atoms with Crippen LogP contribution in [-0.4, -0.2) is 30.8 Å². The van der Waals surface area contributed by atoms with Crippen molar-refractivity contribution in [2.24, 2.45) is 0 Å². The monoisotopic (exact) mass is 225 g/mol. The van der Waals surface area contributed by atoms with Crippen molar-refractivity contribution in [3.63, 3.8) is 0 Å². The van der Waals surface area contributed by atoms with E-state index in [4.69, 9.17) is 9.15 Å². The molecule has 1 fully saturated rings. The van der Waals surface area contributed by atoms with Gasteiger partial charge in [0.25, 0.3) is 6.01 Å². The van der Waals surface area contributed by atoms with Gasteiger partial charge >= 0.3 is 0 Å². The molecule has 2 N–H and O–H groups in total. The SMILES string of the molecule is COC(C)CNc1nc(CNC2CC2)co1. The number of methoxy groups -OCH3 is 1. The quantitative estimate of drug-likeness (QED) is 0.734. The maximum absolute atomic E-state index is 5.29. The number of nitrogens with zero attached hydrogens (tertiary/aromatic N) is 1. The van der Waals surface area contributed by atoms with E-state index < -0.39 is 0 Å². The summed E-state index contributed by atoms with van der Waals surface area (Å²) in [6.45, 7) is 3.48. The third-order valence-corrected chi connectivity index (χ3v) is 2.64. The van der Waals surface area contributed by atoms with E-state index in [1.165, 1.54) is 12.8 Å². The van der Waals surface area contributed by atoms with E-state index in [1.807, 2.05) is 6.92 Å². The average molecular weight is 225 g/mol. The summed E-state index contributed by atoms with van der Waals surface area (Å²) in [6, 6.07) is 1.26. The summed E-state index contributed by atoms with van der Waals surface area (Å²) < 4.78 is 10.4. The molecule has 0 aromatic carbocycles. The molecule has 5 heteroatoms. The summed E-state index contributed by atoms with van der Waals surface area (Å²) >= 11 is 0. The molecule has 1 unspecified atom stereocenters. The van der Waals surface area contributed by atoms with Crippen molar-refractivity contribution in [2.45, 2.75) is 38.5 Å². The summed E-state index contributed by atoms with van der Waals surface area (Å²) in [7, 11) is 1.69. The van der Waals surface area contributed by atoms with E-state index >= 15 is 0 Å². The molecule has 0 bridgehead atoms. The summed E-state index contributed by atoms with van der Waals surface area (Å²) in [4.78, 5) is 4.32. The molecule has 1 aromatic rings. The van der Waals surface area contributed by atoms with Crippen LogP contribution in [0.15, 0.2) is 10.7 Å². The minimum absolute atomic E-state index is 0.153. The highest BCUT2D eigenvalue weighted by Crippen LogP contribution is 2.19. The molecule has 0 amide bonds. The lowest BCUT2D eigenvalue weighted by Gasteiger charge is -2.08. The van der Waals surface area contributed by atoms with Crippen molar-refractivity contribution in [3.8, 4) is 0 Å². The topological polar surface area (TPSA) is 59.3 Å². The van der Waals surface area contributed by atoms with Crippen LogP contribution in [0.3, 0.4) is 0 Å². The Kier molecular flexibility index (Phi) is 3.79. The minimum Gasteiger partial charge on any atom is -0.432 e. The van der Waals surface area contributed by atoms with Gasteiger partial charge < -0.3 is 19.8 Å². The highest BCUT2D eigenvalue weighted by atomic mass is 16.5. The second kappa shape index (κ2) is 5.32. The van der Waals surface area contributed by atoms with Crippen LogP contribution < -0.4 is 10.6 Å². The van der Waals surface area contributed by atoms with E-state index in [2.05, 4.69) is 15.6 Å². The molecule has 90 valence electrons. The van der Waals surface area contributed by atoms with Gasteiger partial charge in [-0.15, -0.1) is 0 Å². The number of anilines is 1. The Morgan fingerprint density at radius 3 is 3.12 bits per heavy atom. The first-order chi connectivity index (χ1) is 7.78. The lowest BCUT2D eigenvalue weighted by atomic mass is 10.4. The second-order valence-corrected chi connectivity index (χ2v) is 4.23. The Labute approximate surface area is 95.6 Å². The lowest BCUT2D eigenvalue weighted by molar-refractivity contribution is 0.128. The van der Waals surface area contributed by atoms with E-state index in [9.17, 15) is 0 Å². The largest absolute Gasteiger partial charge is 0.432 e. The van der Waals surface area contributed by atoms with Crippen molar-refractivity contribution in [1.29, 1.82) is 0 Å². The van der Waals surface area contributed by atoms with Gasteiger partial charge in [0, 0.05) is 26.2 Å². The van der Waals surface area contributed by atoms with Crippen LogP contribution >= 0.6 is 0 Å². The first kappa shape index (κ1) is 11.4. The molecule has 0 aliphatic heterocycles.